The van der Waals surface area contributed by atoms with E-state index < -0.39 is 38.8 Å². The molecule has 1 fully saturated rings. The third kappa shape index (κ3) is 4.67. The number of nitrogens with one attached hydrogen (secondary N) is 1. The Labute approximate surface area is 138 Å². The summed E-state index contributed by atoms with van der Waals surface area (Å²) in [5.41, 5.74) is -0.628. The summed E-state index contributed by atoms with van der Waals surface area (Å²) >= 11 is 0. The summed E-state index contributed by atoms with van der Waals surface area (Å²) in [5.74, 6) is -0.718. The van der Waals surface area contributed by atoms with Crippen LogP contribution in [0.5, 0.6) is 0 Å². The van der Waals surface area contributed by atoms with E-state index in [0.29, 0.717) is 0 Å². The van der Waals surface area contributed by atoms with Crippen molar-refractivity contribution in [3.8, 4) is 0 Å². The van der Waals surface area contributed by atoms with Gasteiger partial charge in [-0.15, -0.1) is 0 Å². The van der Waals surface area contributed by atoms with Gasteiger partial charge in [-0.1, -0.05) is 0 Å². The van der Waals surface area contributed by atoms with E-state index in [1.807, 2.05) is 0 Å². The van der Waals surface area contributed by atoms with Crippen molar-refractivity contribution in [1.82, 2.24) is 9.55 Å². The van der Waals surface area contributed by atoms with Crippen LogP contribution in [0.15, 0.2) is 17.1 Å². The molecule has 10 nitrogen and oxygen atoms in total. The summed E-state index contributed by atoms with van der Waals surface area (Å²) in [6.45, 7) is 2.50. The molecule has 2 heterocycles. The van der Waals surface area contributed by atoms with Crippen LogP contribution >= 0.6 is 8.69 Å². The summed E-state index contributed by atoms with van der Waals surface area (Å²) in [7, 11) is -0.522. The number of carbonyl (C=O) groups is 2. The van der Waals surface area contributed by atoms with Gasteiger partial charge < -0.3 is 14.8 Å². The van der Waals surface area contributed by atoms with E-state index in [9.17, 15) is 18.9 Å². The van der Waals surface area contributed by atoms with E-state index in [-0.39, 0.29) is 24.8 Å². The van der Waals surface area contributed by atoms with Crippen LogP contribution in [0, 0.1) is 0 Å². The minimum Gasteiger partial charge on any atom is -0.460 e. The maximum atomic E-state index is 12.1. The molecule has 1 amide bonds. The van der Waals surface area contributed by atoms with E-state index in [2.05, 4.69) is 10.3 Å². The summed E-state index contributed by atoms with van der Waals surface area (Å²) in [6, 6.07) is 1.45. The van der Waals surface area contributed by atoms with E-state index in [1.165, 1.54) is 30.7 Å². The van der Waals surface area contributed by atoms with Crippen LogP contribution in [0.1, 0.15) is 26.5 Å². The van der Waals surface area contributed by atoms with Gasteiger partial charge >= 0.3 is 20.3 Å². The zero-order valence-electron chi connectivity index (χ0n) is 13.0. The molecule has 1 aliphatic rings. The predicted octanol–water partition coefficient (Wildman–Crippen LogP) is 0.644. The average molecular weight is 357 g/mol. The summed E-state index contributed by atoms with van der Waals surface area (Å²) < 4.78 is 27.2. The number of hydrogen-bond donors (Lipinski definition) is 1. The Hall–Kier alpha value is -2.16. The highest BCUT2D eigenvalue weighted by atomic mass is 31.1. The number of ether oxygens (including phenoxy) is 2. The molecule has 0 aliphatic carbocycles. The maximum Gasteiger partial charge on any atom is 0.351 e. The molecule has 2 rings (SSSR count). The minimum atomic E-state index is -0.724. The molecule has 0 aromatic carbocycles. The van der Waals surface area contributed by atoms with Gasteiger partial charge in [-0.05, 0) is 6.07 Å². The highest BCUT2D eigenvalue weighted by molar-refractivity contribution is 7.17. The molecule has 1 aliphatic heterocycles. The van der Waals surface area contributed by atoms with Gasteiger partial charge in [-0.25, -0.2) is 9.36 Å². The topological polar surface area (TPSA) is 126 Å². The van der Waals surface area contributed by atoms with Crippen LogP contribution in [0.4, 0.5) is 5.82 Å². The molecule has 11 heteroatoms. The first-order chi connectivity index (χ1) is 11.4. The fourth-order valence-electron chi connectivity index (χ4n) is 2.34. The SMILES string of the molecule is CC(=O)Nc1ccn(C2CC(OC(C)=O)C(COP=O)O2)c(=O)n1. The van der Waals surface area contributed by atoms with Crippen molar-refractivity contribution in [3.05, 3.63) is 22.7 Å². The lowest BCUT2D eigenvalue weighted by Crippen LogP contribution is -2.29. The van der Waals surface area contributed by atoms with Gasteiger partial charge in [0.1, 0.15) is 24.3 Å². The van der Waals surface area contributed by atoms with Gasteiger partial charge in [0.25, 0.3) is 0 Å². The standard InChI is InChI=1S/C13H16N3O7P/c1-7(17)14-11-3-4-16(13(19)15-11)12-5-9(22-8(2)18)10(23-12)6-21-24-20/h3-4,9-10,12H,5-6H2,1-2H3,(H,14,15,17,19). The second-order valence-electron chi connectivity index (χ2n) is 5.07. The smallest absolute Gasteiger partial charge is 0.351 e. The van der Waals surface area contributed by atoms with Crippen molar-refractivity contribution in [2.75, 3.05) is 11.9 Å². The summed E-state index contributed by atoms with van der Waals surface area (Å²) in [4.78, 5) is 38.0. The Bertz CT molecular complexity index is 692. The second kappa shape index (κ2) is 8.09. The zero-order valence-corrected chi connectivity index (χ0v) is 13.9. The molecule has 0 saturated carbocycles. The third-order valence-corrected chi connectivity index (χ3v) is 3.49. The van der Waals surface area contributed by atoms with Gasteiger partial charge in [-0.3, -0.25) is 18.7 Å². The van der Waals surface area contributed by atoms with E-state index in [1.54, 1.807) is 0 Å². The Morgan fingerprint density at radius 2 is 2.25 bits per heavy atom. The van der Waals surface area contributed by atoms with E-state index in [0.717, 1.165) is 0 Å². The van der Waals surface area contributed by atoms with Crippen LogP contribution in [-0.2, 0) is 28.2 Å². The first-order valence-corrected chi connectivity index (χ1v) is 7.78. The minimum absolute atomic E-state index is 0.0638. The molecule has 3 atom stereocenters. The lowest BCUT2D eigenvalue weighted by molar-refractivity contribution is -0.150. The first-order valence-electron chi connectivity index (χ1n) is 7.04. The number of rotatable bonds is 6. The summed E-state index contributed by atoms with van der Waals surface area (Å²) in [6.07, 6.45) is -0.397. The fraction of sp³-hybridized carbons (Fsp3) is 0.538. The molecule has 24 heavy (non-hydrogen) atoms. The highest BCUT2D eigenvalue weighted by Crippen LogP contribution is 2.30. The molecule has 0 radical (unpaired) electrons. The zero-order chi connectivity index (χ0) is 17.7. The Balaban J connectivity index is 2.16. The monoisotopic (exact) mass is 357 g/mol. The molecule has 1 aromatic heterocycles. The molecule has 3 unspecified atom stereocenters. The quantitative estimate of drug-likeness (QED) is 0.581. The lowest BCUT2D eigenvalue weighted by Gasteiger charge is -2.16. The van der Waals surface area contributed by atoms with Crippen LogP contribution in [0.3, 0.4) is 0 Å². The first kappa shape index (κ1) is 18.2. The van der Waals surface area contributed by atoms with Crippen molar-refractivity contribution < 1.29 is 28.2 Å². The van der Waals surface area contributed by atoms with Gasteiger partial charge in [0, 0.05) is 26.5 Å². The van der Waals surface area contributed by atoms with E-state index >= 15 is 0 Å². The fourth-order valence-corrected chi connectivity index (χ4v) is 2.55. The highest BCUT2D eigenvalue weighted by Gasteiger charge is 2.39. The third-order valence-electron chi connectivity index (χ3n) is 3.23. The average Bonchev–Trinajstić information content (AvgIpc) is 2.86. The lowest BCUT2D eigenvalue weighted by atomic mass is 10.2. The molecular weight excluding hydrogens is 341 g/mol. The molecule has 1 N–H and O–H groups in total. The van der Waals surface area contributed by atoms with Crippen LogP contribution < -0.4 is 11.0 Å². The van der Waals surface area contributed by atoms with Gasteiger partial charge in [0.15, 0.2) is 0 Å². The largest absolute Gasteiger partial charge is 0.460 e. The van der Waals surface area contributed by atoms with Crippen molar-refractivity contribution >= 4 is 26.4 Å². The van der Waals surface area contributed by atoms with Crippen LogP contribution in [-0.4, -0.2) is 40.2 Å². The van der Waals surface area contributed by atoms with Gasteiger partial charge in [-0.2, -0.15) is 4.98 Å². The number of aromatic nitrogens is 2. The number of amides is 1. The molecular formula is C13H16N3O7P. The number of hydrogen-bond acceptors (Lipinski definition) is 8. The van der Waals surface area contributed by atoms with Crippen molar-refractivity contribution in [2.24, 2.45) is 0 Å². The van der Waals surface area contributed by atoms with E-state index in [4.69, 9.17) is 14.0 Å². The number of anilines is 1. The summed E-state index contributed by atoms with van der Waals surface area (Å²) in [5, 5.41) is 2.41. The van der Waals surface area contributed by atoms with Crippen LogP contribution in [0.2, 0.25) is 0 Å². The Morgan fingerprint density at radius 3 is 2.83 bits per heavy atom. The maximum absolute atomic E-state index is 12.1. The molecule has 0 spiro atoms. The Morgan fingerprint density at radius 1 is 1.50 bits per heavy atom. The number of esters is 1. The van der Waals surface area contributed by atoms with Gasteiger partial charge in [0.2, 0.25) is 5.91 Å². The second-order valence-corrected chi connectivity index (χ2v) is 5.47. The molecule has 1 aromatic rings. The molecule has 0 bridgehead atoms. The predicted molar refractivity (Wildman–Crippen MR) is 80.4 cm³/mol. The number of nitrogens with zero attached hydrogens (tertiary/aromatic N) is 2. The molecule has 130 valence electrons. The molecule has 1 saturated heterocycles. The normalized spacial score (nSPS) is 23.2. The van der Waals surface area contributed by atoms with Crippen molar-refractivity contribution in [3.63, 3.8) is 0 Å². The van der Waals surface area contributed by atoms with Gasteiger partial charge in [0.05, 0.1) is 6.61 Å². The van der Waals surface area contributed by atoms with Crippen molar-refractivity contribution in [2.45, 2.75) is 38.7 Å². The Kier molecular flexibility index (Phi) is 6.13. The van der Waals surface area contributed by atoms with Crippen LogP contribution in [0.25, 0.3) is 0 Å². The number of carbonyl (C=O) groups excluding carboxylic acids is 2. The van der Waals surface area contributed by atoms with Crippen molar-refractivity contribution in [1.29, 1.82) is 0 Å².